The Morgan fingerprint density at radius 3 is 2.55 bits per heavy atom. The molecule has 0 saturated heterocycles. The third-order valence-electron chi connectivity index (χ3n) is 3.81. The van der Waals surface area contributed by atoms with E-state index in [1.54, 1.807) is 11.9 Å². The molecule has 0 radical (unpaired) electrons. The summed E-state index contributed by atoms with van der Waals surface area (Å²) in [5, 5.41) is 11.6. The van der Waals surface area contributed by atoms with E-state index in [9.17, 15) is 9.59 Å². The van der Waals surface area contributed by atoms with Crippen LogP contribution in [0.1, 0.15) is 38.5 Å². The minimum Gasteiger partial charge on any atom is -0.480 e. The van der Waals surface area contributed by atoms with Gasteiger partial charge in [0.25, 0.3) is 0 Å². The molecule has 2 N–H and O–H groups in total. The van der Waals surface area contributed by atoms with Crippen molar-refractivity contribution >= 4 is 12.0 Å². The molecule has 1 aliphatic carbocycles. The molecule has 1 fully saturated rings. The lowest BCUT2D eigenvalue weighted by Gasteiger charge is -2.28. The number of amides is 2. The molecular formula is C14H26N2O4. The van der Waals surface area contributed by atoms with Crippen molar-refractivity contribution in [3.8, 4) is 0 Å². The Balaban J connectivity index is 2.39. The van der Waals surface area contributed by atoms with Gasteiger partial charge in [-0.3, -0.25) is 0 Å². The molecule has 1 unspecified atom stereocenters. The number of carboxylic acids is 1. The normalized spacial score (nSPS) is 17.5. The average molecular weight is 286 g/mol. The molecule has 0 spiro atoms. The van der Waals surface area contributed by atoms with E-state index in [4.69, 9.17) is 9.84 Å². The van der Waals surface area contributed by atoms with E-state index >= 15 is 0 Å². The highest BCUT2D eigenvalue weighted by Crippen LogP contribution is 2.24. The predicted octanol–water partition coefficient (Wildman–Crippen LogP) is 1.70. The molecule has 1 saturated carbocycles. The summed E-state index contributed by atoms with van der Waals surface area (Å²) < 4.78 is 4.86. The maximum Gasteiger partial charge on any atom is 0.326 e. The molecule has 116 valence electrons. The first-order valence-electron chi connectivity index (χ1n) is 7.28. The summed E-state index contributed by atoms with van der Waals surface area (Å²) >= 11 is 0. The van der Waals surface area contributed by atoms with Crippen molar-refractivity contribution in [2.24, 2.45) is 5.92 Å². The lowest BCUT2D eigenvalue weighted by atomic mass is 9.89. The summed E-state index contributed by atoms with van der Waals surface area (Å²) in [4.78, 5) is 24.7. The van der Waals surface area contributed by atoms with Gasteiger partial charge in [0.15, 0.2) is 0 Å². The number of rotatable bonds is 7. The number of carbonyl (C=O) groups is 2. The molecule has 0 bridgehead atoms. The van der Waals surface area contributed by atoms with Crippen molar-refractivity contribution in [1.82, 2.24) is 10.2 Å². The summed E-state index contributed by atoms with van der Waals surface area (Å²) in [5.74, 6) is -0.483. The van der Waals surface area contributed by atoms with Gasteiger partial charge in [-0.15, -0.1) is 0 Å². The van der Waals surface area contributed by atoms with Crippen molar-refractivity contribution in [1.29, 1.82) is 0 Å². The standard InChI is InChI=1S/C14H26N2O4/c1-16(10-11-6-4-3-5-7-11)14(19)15-12(13(17)18)8-9-20-2/h11-12H,3-10H2,1-2H3,(H,15,19)(H,17,18). The maximum absolute atomic E-state index is 12.0. The van der Waals surface area contributed by atoms with E-state index in [0.717, 1.165) is 12.8 Å². The Bertz CT molecular complexity index is 316. The number of carbonyl (C=O) groups excluding carboxylic acids is 1. The fraction of sp³-hybridized carbons (Fsp3) is 0.857. The van der Waals surface area contributed by atoms with E-state index in [1.165, 1.54) is 26.4 Å². The molecule has 1 aliphatic rings. The summed E-state index contributed by atoms with van der Waals surface area (Å²) in [6.45, 7) is 1.01. The highest BCUT2D eigenvalue weighted by atomic mass is 16.5. The smallest absolute Gasteiger partial charge is 0.326 e. The van der Waals surface area contributed by atoms with Crippen LogP contribution in [0.3, 0.4) is 0 Å². The van der Waals surface area contributed by atoms with Crippen LogP contribution < -0.4 is 5.32 Å². The zero-order chi connectivity index (χ0) is 15.0. The maximum atomic E-state index is 12.0. The number of methoxy groups -OCH3 is 1. The van der Waals surface area contributed by atoms with Crippen LogP contribution in [0.25, 0.3) is 0 Å². The Morgan fingerprint density at radius 2 is 2.00 bits per heavy atom. The van der Waals surface area contributed by atoms with Crippen molar-refractivity contribution < 1.29 is 19.4 Å². The summed E-state index contributed by atoms with van der Waals surface area (Å²) in [7, 11) is 3.23. The highest BCUT2D eigenvalue weighted by Gasteiger charge is 2.23. The molecule has 1 rings (SSSR count). The molecular weight excluding hydrogens is 260 g/mol. The molecule has 6 nitrogen and oxygen atoms in total. The van der Waals surface area contributed by atoms with E-state index in [2.05, 4.69) is 5.32 Å². The average Bonchev–Trinajstić information content (AvgIpc) is 2.43. The molecule has 1 atom stereocenters. The number of urea groups is 1. The number of ether oxygens (including phenoxy) is 1. The Kier molecular flexibility index (Phi) is 7.36. The SMILES string of the molecule is COCCC(NC(=O)N(C)CC1CCCCC1)C(=O)O. The monoisotopic (exact) mass is 286 g/mol. The van der Waals surface area contributed by atoms with Gasteiger partial charge >= 0.3 is 12.0 Å². The number of carboxylic acid groups (broad SMARTS) is 1. The minimum atomic E-state index is -1.03. The summed E-state index contributed by atoms with van der Waals surface area (Å²) in [5.41, 5.74) is 0. The molecule has 0 heterocycles. The second kappa shape index (κ2) is 8.79. The van der Waals surface area contributed by atoms with Crippen LogP contribution in [0.4, 0.5) is 4.79 Å². The fourth-order valence-corrected chi connectivity index (χ4v) is 2.59. The second-order valence-electron chi connectivity index (χ2n) is 5.51. The van der Waals surface area contributed by atoms with Crippen LogP contribution in [0, 0.1) is 5.92 Å². The Labute approximate surface area is 120 Å². The fourth-order valence-electron chi connectivity index (χ4n) is 2.59. The minimum absolute atomic E-state index is 0.273. The van der Waals surface area contributed by atoms with Crippen molar-refractivity contribution in [3.63, 3.8) is 0 Å². The predicted molar refractivity (Wildman–Crippen MR) is 75.7 cm³/mol. The molecule has 0 aromatic heterocycles. The zero-order valence-electron chi connectivity index (χ0n) is 12.4. The van der Waals surface area contributed by atoms with E-state index < -0.39 is 12.0 Å². The van der Waals surface area contributed by atoms with Crippen LogP contribution in [0.15, 0.2) is 0 Å². The second-order valence-corrected chi connectivity index (χ2v) is 5.51. The van der Waals surface area contributed by atoms with Crippen LogP contribution in [-0.2, 0) is 9.53 Å². The highest BCUT2D eigenvalue weighted by molar-refractivity contribution is 5.82. The number of nitrogens with one attached hydrogen (secondary N) is 1. The van der Waals surface area contributed by atoms with Gasteiger partial charge in [-0.05, 0) is 18.8 Å². The first kappa shape index (κ1) is 16.8. The van der Waals surface area contributed by atoms with Crippen LogP contribution in [0.5, 0.6) is 0 Å². The third kappa shape index (κ3) is 5.77. The van der Waals surface area contributed by atoms with Crippen LogP contribution in [0.2, 0.25) is 0 Å². The topological polar surface area (TPSA) is 78.9 Å². The third-order valence-corrected chi connectivity index (χ3v) is 3.81. The summed E-state index contributed by atoms with van der Waals surface area (Å²) in [6, 6.07) is -1.21. The first-order valence-corrected chi connectivity index (χ1v) is 7.28. The number of hydrogen-bond acceptors (Lipinski definition) is 3. The van der Waals surface area contributed by atoms with E-state index in [0.29, 0.717) is 19.1 Å². The molecule has 0 aromatic rings. The van der Waals surface area contributed by atoms with Gasteiger partial charge in [-0.2, -0.15) is 0 Å². The molecule has 0 aliphatic heterocycles. The number of hydrogen-bond donors (Lipinski definition) is 2. The molecule has 0 aromatic carbocycles. The van der Waals surface area contributed by atoms with Gasteiger partial charge in [0.05, 0.1) is 0 Å². The van der Waals surface area contributed by atoms with Gasteiger partial charge in [0, 0.05) is 33.7 Å². The van der Waals surface area contributed by atoms with Crippen molar-refractivity contribution in [2.45, 2.75) is 44.6 Å². The quantitative estimate of drug-likeness (QED) is 0.746. The molecule has 20 heavy (non-hydrogen) atoms. The first-order chi connectivity index (χ1) is 9.54. The van der Waals surface area contributed by atoms with Crippen molar-refractivity contribution in [3.05, 3.63) is 0 Å². The van der Waals surface area contributed by atoms with E-state index in [-0.39, 0.29) is 12.5 Å². The lowest BCUT2D eigenvalue weighted by molar-refractivity contribution is -0.139. The summed E-state index contributed by atoms with van der Waals surface area (Å²) in [6.07, 6.45) is 6.32. The molecule has 2 amide bonds. The number of aliphatic carboxylic acids is 1. The Morgan fingerprint density at radius 1 is 1.35 bits per heavy atom. The van der Waals surface area contributed by atoms with Crippen molar-refractivity contribution in [2.75, 3.05) is 27.3 Å². The Hall–Kier alpha value is -1.30. The number of nitrogens with zero attached hydrogens (tertiary/aromatic N) is 1. The van der Waals surface area contributed by atoms with Crippen LogP contribution in [-0.4, -0.2) is 55.4 Å². The van der Waals surface area contributed by atoms with Gasteiger partial charge in [-0.25, -0.2) is 9.59 Å². The molecule has 6 heteroatoms. The van der Waals surface area contributed by atoms with E-state index in [1.807, 2.05) is 0 Å². The zero-order valence-corrected chi connectivity index (χ0v) is 12.4. The van der Waals surface area contributed by atoms with Gasteiger partial charge < -0.3 is 20.1 Å². The lowest BCUT2D eigenvalue weighted by Crippen LogP contribution is -2.48. The van der Waals surface area contributed by atoms with Gasteiger partial charge in [0.1, 0.15) is 6.04 Å². The van der Waals surface area contributed by atoms with Gasteiger partial charge in [-0.1, -0.05) is 19.3 Å². The van der Waals surface area contributed by atoms with Crippen LogP contribution >= 0.6 is 0 Å². The largest absolute Gasteiger partial charge is 0.480 e. The van der Waals surface area contributed by atoms with Gasteiger partial charge in [0.2, 0.25) is 0 Å².